The number of hydrogen-bond acceptors (Lipinski definition) is 4. The van der Waals surface area contributed by atoms with Crippen molar-refractivity contribution in [3.63, 3.8) is 0 Å². The quantitative estimate of drug-likeness (QED) is 0.903. The summed E-state index contributed by atoms with van der Waals surface area (Å²) in [6.45, 7) is 2.08. The first-order valence-corrected chi connectivity index (χ1v) is 8.51. The Hall–Kier alpha value is -2.41. The van der Waals surface area contributed by atoms with Crippen molar-refractivity contribution in [1.29, 1.82) is 0 Å². The van der Waals surface area contributed by atoms with Crippen LogP contribution in [-0.4, -0.2) is 25.7 Å². The van der Waals surface area contributed by atoms with Gasteiger partial charge in [0.25, 0.3) is 0 Å². The van der Waals surface area contributed by atoms with E-state index in [0.29, 0.717) is 5.69 Å². The summed E-state index contributed by atoms with van der Waals surface area (Å²) >= 11 is 0. The zero-order valence-corrected chi connectivity index (χ0v) is 13.1. The fourth-order valence-electron chi connectivity index (χ4n) is 1.81. The third-order valence-electron chi connectivity index (χ3n) is 3.04. The van der Waals surface area contributed by atoms with Gasteiger partial charge in [-0.1, -0.05) is 12.1 Å². The molecule has 1 aromatic heterocycles. The van der Waals surface area contributed by atoms with E-state index in [1.807, 2.05) is 6.07 Å². The van der Waals surface area contributed by atoms with Crippen LogP contribution in [0.15, 0.2) is 47.5 Å². The number of hydrogen-bond donors (Lipinski definition) is 2. The predicted molar refractivity (Wildman–Crippen MR) is 84.4 cm³/mol. The largest absolute Gasteiger partial charge is 0.332 e. The number of urea groups is 1. The molecule has 2 amide bonds. The highest BCUT2D eigenvalue weighted by Gasteiger charge is 2.11. The number of sulfone groups is 1. The summed E-state index contributed by atoms with van der Waals surface area (Å²) < 4.78 is 23.1. The zero-order valence-electron chi connectivity index (χ0n) is 12.3. The molecule has 1 aromatic carbocycles. The number of nitrogens with one attached hydrogen (secondary N) is 2. The molecule has 7 heteroatoms. The maximum absolute atomic E-state index is 11.9. The molecule has 0 radical (unpaired) electrons. The SMILES string of the molecule is Cc1ccc(S(C)(=O)=O)cc1NC(=O)NCc1ccccn1. The van der Waals surface area contributed by atoms with E-state index in [4.69, 9.17) is 0 Å². The normalized spacial score (nSPS) is 11.0. The number of pyridine rings is 1. The Morgan fingerprint density at radius 3 is 2.64 bits per heavy atom. The van der Waals surface area contributed by atoms with Crippen molar-refractivity contribution >= 4 is 21.6 Å². The lowest BCUT2D eigenvalue weighted by atomic mass is 10.2. The molecule has 0 aliphatic rings. The molecule has 6 nitrogen and oxygen atoms in total. The van der Waals surface area contributed by atoms with Gasteiger partial charge in [-0.15, -0.1) is 0 Å². The minimum atomic E-state index is -3.31. The number of anilines is 1. The van der Waals surface area contributed by atoms with Crippen LogP contribution in [0.2, 0.25) is 0 Å². The molecule has 2 N–H and O–H groups in total. The predicted octanol–water partition coefficient (Wildman–Crippen LogP) is 2.12. The molecule has 0 bridgehead atoms. The number of rotatable bonds is 4. The Morgan fingerprint density at radius 2 is 2.00 bits per heavy atom. The van der Waals surface area contributed by atoms with Gasteiger partial charge < -0.3 is 10.6 Å². The highest BCUT2D eigenvalue weighted by Crippen LogP contribution is 2.20. The summed E-state index contributed by atoms with van der Waals surface area (Å²) in [7, 11) is -3.31. The molecule has 0 spiro atoms. The summed E-state index contributed by atoms with van der Waals surface area (Å²) in [6.07, 6.45) is 2.78. The van der Waals surface area contributed by atoms with Crippen LogP contribution < -0.4 is 10.6 Å². The van der Waals surface area contributed by atoms with Gasteiger partial charge in [0, 0.05) is 18.1 Å². The molecule has 116 valence electrons. The minimum Gasteiger partial charge on any atom is -0.332 e. The second-order valence-electron chi connectivity index (χ2n) is 4.88. The van der Waals surface area contributed by atoms with Crippen LogP contribution >= 0.6 is 0 Å². The van der Waals surface area contributed by atoms with Crippen molar-refractivity contribution in [2.45, 2.75) is 18.4 Å². The average Bonchev–Trinajstić information content (AvgIpc) is 2.47. The Bertz CT molecular complexity index is 774. The van der Waals surface area contributed by atoms with Crippen LogP contribution in [-0.2, 0) is 16.4 Å². The van der Waals surface area contributed by atoms with Gasteiger partial charge in [0.2, 0.25) is 0 Å². The lowest BCUT2D eigenvalue weighted by Crippen LogP contribution is -2.28. The van der Waals surface area contributed by atoms with Crippen molar-refractivity contribution in [2.75, 3.05) is 11.6 Å². The van der Waals surface area contributed by atoms with E-state index in [-0.39, 0.29) is 11.4 Å². The van der Waals surface area contributed by atoms with E-state index in [9.17, 15) is 13.2 Å². The van der Waals surface area contributed by atoms with E-state index in [1.165, 1.54) is 12.1 Å². The van der Waals surface area contributed by atoms with Crippen LogP contribution in [0.1, 0.15) is 11.3 Å². The third kappa shape index (κ3) is 4.29. The van der Waals surface area contributed by atoms with Crippen LogP contribution in [0.4, 0.5) is 10.5 Å². The first-order valence-electron chi connectivity index (χ1n) is 6.62. The zero-order chi connectivity index (χ0) is 16.2. The highest BCUT2D eigenvalue weighted by atomic mass is 32.2. The third-order valence-corrected chi connectivity index (χ3v) is 4.15. The fraction of sp³-hybridized carbons (Fsp3) is 0.200. The summed E-state index contributed by atoms with van der Waals surface area (Å²) in [5.74, 6) is 0. The number of aromatic nitrogens is 1. The molecule has 0 atom stereocenters. The van der Waals surface area contributed by atoms with Crippen LogP contribution in [0.25, 0.3) is 0 Å². The summed E-state index contributed by atoms with van der Waals surface area (Å²) in [4.78, 5) is 16.2. The molecule has 0 fully saturated rings. The molecule has 2 rings (SSSR count). The monoisotopic (exact) mass is 319 g/mol. The summed E-state index contributed by atoms with van der Waals surface area (Å²) in [5, 5.41) is 5.32. The van der Waals surface area contributed by atoms with Gasteiger partial charge >= 0.3 is 6.03 Å². The first kappa shape index (κ1) is 16.0. The second-order valence-corrected chi connectivity index (χ2v) is 6.89. The van der Waals surface area contributed by atoms with Gasteiger partial charge in [-0.2, -0.15) is 0 Å². The van der Waals surface area contributed by atoms with Crippen molar-refractivity contribution in [3.05, 3.63) is 53.9 Å². The molecule has 2 aromatic rings. The van der Waals surface area contributed by atoms with E-state index in [0.717, 1.165) is 17.5 Å². The number of aryl methyl sites for hydroxylation is 1. The fourth-order valence-corrected chi connectivity index (χ4v) is 2.45. The maximum Gasteiger partial charge on any atom is 0.319 e. The summed E-state index contributed by atoms with van der Waals surface area (Å²) in [6, 6.07) is 9.64. The van der Waals surface area contributed by atoms with Gasteiger partial charge in [0.05, 0.1) is 17.1 Å². The number of carbonyl (C=O) groups is 1. The molecule has 0 unspecified atom stereocenters. The second kappa shape index (κ2) is 6.57. The van der Waals surface area contributed by atoms with Gasteiger partial charge in [-0.25, -0.2) is 13.2 Å². The molecule has 0 saturated heterocycles. The van der Waals surface area contributed by atoms with Crippen molar-refractivity contribution in [2.24, 2.45) is 0 Å². The molecule has 0 aliphatic carbocycles. The van der Waals surface area contributed by atoms with Crippen LogP contribution in [0.5, 0.6) is 0 Å². The van der Waals surface area contributed by atoms with Crippen molar-refractivity contribution in [1.82, 2.24) is 10.3 Å². The maximum atomic E-state index is 11.9. The number of nitrogens with zero attached hydrogens (tertiary/aromatic N) is 1. The van der Waals surface area contributed by atoms with Gasteiger partial charge in [-0.3, -0.25) is 4.98 Å². The number of amides is 2. The van der Waals surface area contributed by atoms with Crippen LogP contribution in [0.3, 0.4) is 0 Å². The van der Waals surface area contributed by atoms with Crippen molar-refractivity contribution < 1.29 is 13.2 Å². The first-order chi connectivity index (χ1) is 10.4. The smallest absolute Gasteiger partial charge is 0.319 e. The molecule has 0 aliphatic heterocycles. The van der Waals surface area contributed by atoms with Crippen LogP contribution in [0, 0.1) is 6.92 Å². The lowest BCUT2D eigenvalue weighted by molar-refractivity contribution is 0.251. The standard InChI is InChI=1S/C15H17N3O3S/c1-11-6-7-13(22(2,20)21)9-14(11)18-15(19)17-10-12-5-3-4-8-16-12/h3-9H,10H2,1-2H3,(H2,17,18,19). The Balaban J connectivity index is 2.05. The molecule has 22 heavy (non-hydrogen) atoms. The molecule has 0 saturated carbocycles. The Kier molecular flexibility index (Phi) is 4.77. The topological polar surface area (TPSA) is 88.2 Å². The van der Waals surface area contributed by atoms with Gasteiger partial charge in [0.1, 0.15) is 0 Å². The lowest BCUT2D eigenvalue weighted by Gasteiger charge is -2.11. The van der Waals surface area contributed by atoms with Gasteiger partial charge in [-0.05, 0) is 36.8 Å². The molecule has 1 heterocycles. The average molecular weight is 319 g/mol. The van der Waals surface area contributed by atoms with E-state index in [1.54, 1.807) is 31.3 Å². The number of benzene rings is 1. The summed E-state index contributed by atoms with van der Waals surface area (Å²) in [5.41, 5.74) is 1.97. The number of carbonyl (C=O) groups excluding carboxylic acids is 1. The Labute approximate surface area is 129 Å². The van der Waals surface area contributed by atoms with E-state index >= 15 is 0 Å². The van der Waals surface area contributed by atoms with Crippen molar-refractivity contribution in [3.8, 4) is 0 Å². The van der Waals surface area contributed by atoms with E-state index in [2.05, 4.69) is 15.6 Å². The highest BCUT2D eigenvalue weighted by molar-refractivity contribution is 7.90. The Morgan fingerprint density at radius 1 is 1.23 bits per heavy atom. The molecular formula is C15H17N3O3S. The van der Waals surface area contributed by atoms with E-state index < -0.39 is 15.9 Å². The minimum absolute atomic E-state index is 0.165. The van der Waals surface area contributed by atoms with Gasteiger partial charge in [0.15, 0.2) is 9.84 Å². The molecular weight excluding hydrogens is 302 g/mol.